The van der Waals surface area contributed by atoms with E-state index in [4.69, 9.17) is 5.73 Å². The van der Waals surface area contributed by atoms with Gasteiger partial charge in [0.05, 0.1) is 5.52 Å². The first kappa shape index (κ1) is 13.1. The molecule has 5 N–H and O–H groups in total. The summed E-state index contributed by atoms with van der Waals surface area (Å²) in [6, 6.07) is 15.1. The number of aromatic nitrogens is 1. The fourth-order valence-corrected chi connectivity index (χ4v) is 2.34. The minimum atomic E-state index is -0.566. The highest BCUT2D eigenvalue weighted by Crippen LogP contribution is 2.20. The Kier molecular flexibility index (Phi) is 3.47. The molecule has 0 spiro atoms. The molecule has 0 bridgehead atoms. The fourth-order valence-electron chi connectivity index (χ4n) is 2.34. The molecular weight excluding hydrogens is 264 g/mol. The number of para-hydroxylation sites is 1. The number of hydrogen-bond donors (Lipinski definition) is 4. The van der Waals surface area contributed by atoms with Gasteiger partial charge in [0.1, 0.15) is 0 Å². The SMILES string of the molecule is NC(=O)Nc1cccc(NCc2cccc3cc[nH]c23)c1. The van der Waals surface area contributed by atoms with E-state index in [-0.39, 0.29) is 0 Å². The van der Waals surface area contributed by atoms with Gasteiger partial charge in [-0.2, -0.15) is 0 Å². The third kappa shape index (κ3) is 2.97. The molecule has 0 unspecified atom stereocenters. The zero-order chi connectivity index (χ0) is 14.7. The van der Waals surface area contributed by atoms with Crippen LogP contribution in [0.15, 0.2) is 54.7 Å². The maximum Gasteiger partial charge on any atom is 0.316 e. The molecule has 21 heavy (non-hydrogen) atoms. The van der Waals surface area contributed by atoms with Gasteiger partial charge >= 0.3 is 6.03 Å². The van der Waals surface area contributed by atoms with Crippen molar-refractivity contribution in [1.82, 2.24) is 4.98 Å². The smallest absolute Gasteiger partial charge is 0.316 e. The first-order chi connectivity index (χ1) is 10.2. The van der Waals surface area contributed by atoms with Gasteiger partial charge in [-0.1, -0.05) is 24.3 Å². The second-order valence-corrected chi connectivity index (χ2v) is 4.78. The molecule has 2 aromatic carbocycles. The molecule has 1 aromatic heterocycles. The third-order valence-electron chi connectivity index (χ3n) is 3.29. The van der Waals surface area contributed by atoms with Crippen LogP contribution in [0.1, 0.15) is 5.56 Å². The first-order valence-corrected chi connectivity index (χ1v) is 6.68. The van der Waals surface area contributed by atoms with Gasteiger partial charge in [0.2, 0.25) is 0 Å². The van der Waals surface area contributed by atoms with E-state index >= 15 is 0 Å². The van der Waals surface area contributed by atoms with Crippen molar-refractivity contribution in [3.8, 4) is 0 Å². The van der Waals surface area contributed by atoms with Crippen molar-refractivity contribution in [1.29, 1.82) is 0 Å². The first-order valence-electron chi connectivity index (χ1n) is 6.68. The van der Waals surface area contributed by atoms with E-state index in [0.717, 1.165) is 11.2 Å². The number of nitrogens with one attached hydrogen (secondary N) is 3. The zero-order valence-corrected chi connectivity index (χ0v) is 11.4. The van der Waals surface area contributed by atoms with Crippen LogP contribution in [0.4, 0.5) is 16.2 Å². The molecule has 3 aromatic rings. The number of urea groups is 1. The number of primary amides is 1. The van der Waals surface area contributed by atoms with Gasteiger partial charge in [-0.05, 0) is 35.2 Å². The summed E-state index contributed by atoms with van der Waals surface area (Å²) in [6.45, 7) is 0.692. The van der Waals surface area contributed by atoms with Gasteiger partial charge in [-0.15, -0.1) is 0 Å². The Morgan fingerprint density at radius 1 is 1.10 bits per heavy atom. The maximum absolute atomic E-state index is 10.9. The molecule has 3 rings (SSSR count). The summed E-state index contributed by atoms with van der Waals surface area (Å²) in [6.07, 6.45) is 1.94. The van der Waals surface area contributed by atoms with E-state index in [2.05, 4.69) is 33.8 Å². The number of fused-ring (bicyclic) bond motifs is 1. The Balaban J connectivity index is 1.75. The summed E-state index contributed by atoms with van der Waals surface area (Å²) in [4.78, 5) is 14.1. The topological polar surface area (TPSA) is 82.9 Å². The summed E-state index contributed by atoms with van der Waals surface area (Å²) in [5.41, 5.74) is 9.03. The lowest BCUT2D eigenvalue weighted by atomic mass is 10.1. The van der Waals surface area contributed by atoms with Crippen molar-refractivity contribution in [2.45, 2.75) is 6.54 Å². The summed E-state index contributed by atoms with van der Waals surface area (Å²) in [5.74, 6) is 0. The molecule has 0 radical (unpaired) electrons. The van der Waals surface area contributed by atoms with Crippen LogP contribution >= 0.6 is 0 Å². The fraction of sp³-hybridized carbons (Fsp3) is 0.0625. The van der Waals surface area contributed by atoms with Crippen molar-refractivity contribution in [3.05, 3.63) is 60.3 Å². The minimum Gasteiger partial charge on any atom is -0.381 e. The van der Waals surface area contributed by atoms with E-state index < -0.39 is 6.03 Å². The molecule has 0 aliphatic carbocycles. The number of nitrogens with two attached hydrogens (primary N) is 1. The molecule has 106 valence electrons. The van der Waals surface area contributed by atoms with E-state index in [0.29, 0.717) is 12.2 Å². The van der Waals surface area contributed by atoms with Crippen LogP contribution in [-0.2, 0) is 6.54 Å². The Morgan fingerprint density at radius 3 is 2.76 bits per heavy atom. The molecule has 0 fully saturated rings. The second kappa shape index (κ2) is 5.58. The minimum absolute atomic E-state index is 0.566. The number of benzene rings is 2. The van der Waals surface area contributed by atoms with Crippen LogP contribution in [0, 0.1) is 0 Å². The number of carbonyl (C=O) groups is 1. The number of hydrogen-bond acceptors (Lipinski definition) is 2. The van der Waals surface area contributed by atoms with E-state index in [1.807, 2.05) is 30.5 Å². The summed E-state index contributed by atoms with van der Waals surface area (Å²) >= 11 is 0. The molecule has 0 aliphatic heterocycles. The Hall–Kier alpha value is -2.95. The van der Waals surface area contributed by atoms with Crippen molar-refractivity contribution < 1.29 is 4.79 Å². The number of H-pyrrole nitrogens is 1. The average Bonchev–Trinajstić information content (AvgIpc) is 2.93. The lowest BCUT2D eigenvalue weighted by Gasteiger charge is -2.09. The third-order valence-corrected chi connectivity index (χ3v) is 3.29. The van der Waals surface area contributed by atoms with Gasteiger partial charge in [-0.3, -0.25) is 0 Å². The highest BCUT2D eigenvalue weighted by molar-refractivity contribution is 5.88. The van der Waals surface area contributed by atoms with Gasteiger partial charge in [-0.25, -0.2) is 4.79 Å². The highest BCUT2D eigenvalue weighted by Gasteiger charge is 2.02. The zero-order valence-electron chi connectivity index (χ0n) is 11.4. The average molecular weight is 280 g/mol. The standard InChI is InChI=1S/C16H16N4O/c17-16(21)20-14-6-2-5-13(9-14)19-10-12-4-1-3-11-7-8-18-15(11)12/h1-9,18-19H,10H2,(H3,17,20,21). The van der Waals surface area contributed by atoms with Crippen LogP contribution in [-0.4, -0.2) is 11.0 Å². The maximum atomic E-state index is 10.9. The van der Waals surface area contributed by atoms with Gasteiger partial charge in [0.25, 0.3) is 0 Å². The van der Waals surface area contributed by atoms with Crippen LogP contribution in [0.25, 0.3) is 10.9 Å². The quantitative estimate of drug-likeness (QED) is 0.591. The Morgan fingerprint density at radius 2 is 1.90 bits per heavy atom. The lowest BCUT2D eigenvalue weighted by Crippen LogP contribution is -2.19. The molecule has 0 atom stereocenters. The summed E-state index contributed by atoms with van der Waals surface area (Å²) in [5, 5.41) is 7.10. The van der Waals surface area contributed by atoms with E-state index in [1.54, 1.807) is 6.07 Å². The number of amides is 2. The molecular formula is C16H16N4O. The number of carbonyl (C=O) groups excluding carboxylic acids is 1. The number of aromatic amines is 1. The monoisotopic (exact) mass is 280 g/mol. The Labute approximate surface area is 122 Å². The molecule has 5 heteroatoms. The predicted molar refractivity (Wildman–Crippen MR) is 85.3 cm³/mol. The van der Waals surface area contributed by atoms with Gasteiger partial charge in [0, 0.05) is 24.1 Å². The van der Waals surface area contributed by atoms with Crippen LogP contribution < -0.4 is 16.4 Å². The second-order valence-electron chi connectivity index (χ2n) is 4.78. The molecule has 0 saturated heterocycles. The van der Waals surface area contributed by atoms with E-state index in [9.17, 15) is 4.79 Å². The molecule has 2 amide bonds. The Bertz CT molecular complexity index is 779. The number of anilines is 2. The van der Waals surface area contributed by atoms with Crippen molar-refractivity contribution >= 4 is 28.3 Å². The summed E-state index contributed by atoms with van der Waals surface area (Å²) in [7, 11) is 0. The van der Waals surface area contributed by atoms with Crippen molar-refractivity contribution in [2.75, 3.05) is 10.6 Å². The van der Waals surface area contributed by atoms with Crippen molar-refractivity contribution in [3.63, 3.8) is 0 Å². The molecule has 0 saturated carbocycles. The molecule has 5 nitrogen and oxygen atoms in total. The van der Waals surface area contributed by atoms with Crippen LogP contribution in [0.3, 0.4) is 0 Å². The predicted octanol–water partition coefficient (Wildman–Crippen LogP) is 3.27. The van der Waals surface area contributed by atoms with Gasteiger partial charge < -0.3 is 21.4 Å². The summed E-state index contributed by atoms with van der Waals surface area (Å²) < 4.78 is 0. The van der Waals surface area contributed by atoms with Crippen LogP contribution in [0.5, 0.6) is 0 Å². The van der Waals surface area contributed by atoms with Crippen molar-refractivity contribution in [2.24, 2.45) is 5.73 Å². The normalized spacial score (nSPS) is 10.5. The lowest BCUT2D eigenvalue weighted by molar-refractivity contribution is 0.259. The molecule has 1 heterocycles. The molecule has 0 aliphatic rings. The number of rotatable bonds is 4. The van der Waals surface area contributed by atoms with E-state index in [1.165, 1.54) is 10.9 Å². The largest absolute Gasteiger partial charge is 0.381 e. The highest BCUT2D eigenvalue weighted by atomic mass is 16.2. The van der Waals surface area contributed by atoms with Crippen LogP contribution in [0.2, 0.25) is 0 Å². The van der Waals surface area contributed by atoms with Gasteiger partial charge in [0.15, 0.2) is 0 Å².